The van der Waals surface area contributed by atoms with Gasteiger partial charge in [0.1, 0.15) is 12.6 Å². The number of nitrogens with zero attached hydrogens (tertiary/aromatic N) is 4. The third-order valence-electron chi connectivity index (χ3n) is 7.83. The molecule has 2 heterocycles. The van der Waals surface area contributed by atoms with Crippen LogP contribution in [0.15, 0.2) is 54.6 Å². The fraction of sp³-hybridized carbons (Fsp3) is 0.469. The van der Waals surface area contributed by atoms with Crippen LogP contribution in [0.1, 0.15) is 46.0 Å². The third-order valence-corrected chi connectivity index (χ3v) is 7.83. The Morgan fingerprint density at radius 3 is 1.95 bits per heavy atom. The number of rotatable bonds is 13. The number of imide groups is 1. The lowest BCUT2D eigenvalue weighted by molar-refractivity contribution is -0.152. The molecule has 0 aliphatic carbocycles. The van der Waals surface area contributed by atoms with Crippen LogP contribution in [0.2, 0.25) is 0 Å². The molecule has 0 aromatic heterocycles. The molecule has 1 atom stereocenters. The van der Waals surface area contributed by atoms with Gasteiger partial charge >= 0.3 is 17.9 Å². The number of esters is 2. The highest BCUT2D eigenvalue weighted by Gasteiger charge is 2.36. The van der Waals surface area contributed by atoms with E-state index >= 15 is 0 Å². The quantitative estimate of drug-likeness (QED) is 0.263. The van der Waals surface area contributed by atoms with Crippen molar-refractivity contribution in [2.24, 2.45) is 0 Å². The average molecular weight is 609 g/mol. The summed E-state index contributed by atoms with van der Waals surface area (Å²) in [5.41, 5.74) is 1.58. The number of amides is 2. The molecular weight excluding hydrogens is 568 g/mol. The van der Waals surface area contributed by atoms with Crippen molar-refractivity contribution in [1.29, 1.82) is 0 Å². The summed E-state index contributed by atoms with van der Waals surface area (Å²) >= 11 is 0. The number of ether oxygens (including phenoxy) is 2. The maximum absolute atomic E-state index is 13.6. The van der Waals surface area contributed by atoms with Gasteiger partial charge in [0.05, 0.1) is 30.8 Å². The fourth-order valence-electron chi connectivity index (χ4n) is 5.53. The largest absolute Gasteiger partial charge is 0.480 e. The van der Waals surface area contributed by atoms with E-state index in [0.717, 1.165) is 5.56 Å². The van der Waals surface area contributed by atoms with Crippen molar-refractivity contribution in [3.05, 3.63) is 71.3 Å². The Hall–Kier alpha value is -4.13. The Labute approximate surface area is 257 Å². The van der Waals surface area contributed by atoms with Gasteiger partial charge in [0.25, 0.3) is 11.8 Å². The summed E-state index contributed by atoms with van der Waals surface area (Å²) in [6.07, 6.45) is 0.663. The van der Waals surface area contributed by atoms with Crippen LogP contribution in [-0.4, -0.2) is 126 Å². The van der Waals surface area contributed by atoms with Crippen LogP contribution in [-0.2, 0) is 30.5 Å². The SMILES string of the molecule is CCOC(=O)CN1CCN(CC(=O)O)CCN(C(CCCN2C(=O)c3ccccc3C2=O)C(=O)OCc2ccccc2)CC1. The van der Waals surface area contributed by atoms with Crippen molar-refractivity contribution in [1.82, 2.24) is 19.6 Å². The molecule has 0 bridgehead atoms. The van der Waals surface area contributed by atoms with Crippen LogP contribution < -0.4 is 0 Å². The van der Waals surface area contributed by atoms with Gasteiger partial charge in [-0.2, -0.15) is 0 Å². The molecule has 2 aromatic carbocycles. The summed E-state index contributed by atoms with van der Waals surface area (Å²) in [4.78, 5) is 70.1. The number of benzene rings is 2. The number of carboxylic acid groups (broad SMARTS) is 1. The molecule has 0 saturated carbocycles. The number of hydrogen-bond acceptors (Lipinski definition) is 10. The van der Waals surface area contributed by atoms with E-state index in [9.17, 15) is 29.1 Å². The van der Waals surface area contributed by atoms with E-state index in [-0.39, 0.29) is 50.6 Å². The fourth-order valence-corrected chi connectivity index (χ4v) is 5.53. The molecule has 236 valence electrons. The van der Waals surface area contributed by atoms with Crippen LogP contribution in [0.5, 0.6) is 0 Å². The second-order valence-electron chi connectivity index (χ2n) is 10.8. The van der Waals surface area contributed by atoms with Crippen molar-refractivity contribution >= 4 is 29.7 Å². The molecule has 1 N–H and O–H groups in total. The second kappa shape index (κ2) is 16.1. The maximum atomic E-state index is 13.6. The first-order valence-electron chi connectivity index (χ1n) is 15.0. The highest BCUT2D eigenvalue weighted by molar-refractivity contribution is 6.21. The molecule has 2 aromatic rings. The Morgan fingerprint density at radius 2 is 1.36 bits per heavy atom. The molecule has 1 unspecified atom stereocenters. The molecule has 2 amide bonds. The van der Waals surface area contributed by atoms with E-state index < -0.39 is 18.0 Å². The molecular formula is C32H40N4O8. The molecule has 1 fully saturated rings. The molecule has 0 radical (unpaired) electrons. The number of hydrogen-bond donors (Lipinski definition) is 1. The van der Waals surface area contributed by atoms with Crippen LogP contribution in [0.3, 0.4) is 0 Å². The van der Waals surface area contributed by atoms with Gasteiger partial charge < -0.3 is 14.6 Å². The number of carboxylic acids is 1. The number of fused-ring (bicyclic) bond motifs is 1. The molecule has 12 heteroatoms. The zero-order valence-corrected chi connectivity index (χ0v) is 25.1. The van der Waals surface area contributed by atoms with Crippen LogP contribution in [0.4, 0.5) is 0 Å². The van der Waals surface area contributed by atoms with Crippen molar-refractivity contribution < 1.29 is 38.6 Å². The lowest BCUT2D eigenvalue weighted by atomic mass is 10.1. The zero-order valence-electron chi connectivity index (χ0n) is 25.1. The van der Waals surface area contributed by atoms with Crippen molar-refractivity contribution in [2.45, 2.75) is 32.4 Å². The first-order chi connectivity index (χ1) is 21.3. The Kier molecular flexibility index (Phi) is 12.0. The Bertz CT molecular complexity index is 1290. The van der Waals surface area contributed by atoms with Gasteiger partial charge in [-0.25, -0.2) is 0 Å². The van der Waals surface area contributed by atoms with Gasteiger partial charge in [-0.3, -0.25) is 43.6 Å². The maximum Gasteiger partial charge on any atom is 0.323 e. The minimum atomic E-state index is -0.965. The van der Waals surface area contributed by atoms with Crippen LogP contribution in [0.25, 0.3) is 0 Å². The van der Waals surface area contributed by atoms with Gasteiger partial charge in [-0.15, -0.1) is 0 Å². The summed E-state index contributed by atoms with van der Waals surface area (Å²) in [5.74, 6) is -2.49. The normalized spacial score (nSPS) is 17.3. The molecule has 12 nitrogen and oxygen atoms in total. The first-order valence-corrected chi connectivity index (χ1v) is 15.0. The smallest absolute Gasteiger partial charge is 0.323 e. The van der Waals surface area contributed by atoms with Gasteiger partial charge in [0, 0.05) is 45.8 Å². The third kappa shape index (κ3) is 8.94. The van der Waals surface area contributed by atoms with E-state index in [1.807, 2.05) is 40.1 Å². The molecule has 0 spiro atoms. The van der Waals surface area contributed by atoms with Crippen LogP contribution >= 0.6 is 0 Å². The Balaban J connectivity index is 1.50. The van der Waals surface area contributed by atoms with Crippen molar-refractivity contribution in [3.63, 3.8) is 0 Å². The number of aliphatic carboxylic acids is 1. The summed E-state index contributed by atoms with van der Waals surface area (Å²) < 4.78 is 10.9. The number of carbonyl (C=O) groups is 5. The summed E-state index contributed by atoms with van der Waals surface area (Å²) in [5, 5.41) is 9.47. The van der Waals surface area contributed by atoms with Gasteiger partial charge in [0.15, 0.2) is 0 Å². The topological polar surface area (TPSA) is 137 Å². The lowest BCUT2D eigenvalue weighted by Crippen LogP contribution is -2.48. The van der Waals surface area contributed by atoms with Crippen molar-refractivity contribution in [3.8, 4) is 0 Å². The molecule has 44 heavy (non-hydrogen) atoms. The predicted molar refractivity (Wildman–Crippen MR) is 160 cm³/mol. The lowest BCUT2D eigenvalue weighted by Gasteiger charge is -2.32. The van der Waals surface area contributed by atoms with Gasteiger partial charge in [0.2, 0.25) is 0 Å². The number of carbonyl (C=O) groups excluding carboxylic acids is 4. The van der Waals surface area contributed by atoms with E-state index in [0.29, 0.717) is 63.2 Å². The standard InChI is InChI=1S/C32H40N4O8/c1-2-43-29(39)22-34-16-15-33(21-28(37)38)17-19-35(20-18-34)27(32(42)44-23-24-9-4-3-5-10-24)13-8-14-36-30(40)25-11-6-7-12-26(25)31(36)41/h3-7,9-12,27H,2,8,13-23H2,1H3,(H,37,38). The van der Waals surface area contributed by atoms with E-state index in [2.05, 4.69) is 0 Å². The average Bonchev–Trinajstić information content (AvgIpc) is 3.30. The highest BCUT2D eigenvalue weighted by Crippen LogP contribution is 2.23. The minimum absolute atomic E-state index is 0.0471. The van der Waals surface area contributed by atoms with E-state index in [1.165, 1.54) is 4.90 Å². The Morgan fingerprint density at radius 1 is 0.795 bits per heavy atom. The molecule has 1 saturated heterocycles. The zero-order chi connectivity index (χ0) is 31.5. The predicted octanol–water partition coefficient (Wildman–Crippen LogP) is 1.74. The first kappa shape index (κ1) is 32.8. The van der Waals surface area contributed by atoms with Gasteiger partial charge in [-0.05, 0) is 37.5 Å². The molecule has 2 aliphatic rings. The van der Waals surface area contributed by atoms with Gasteiger partial charge in [-0.1, -0.05) is 42.5 Å². The summed E-state index contributed by atoms with van der Waals surface area (Å²) in [6, 6.07) is 15.3. The van der Waals surface area contributed by atoms with E-state index in [1.54, 1.807) is 36.1 Å². The van der Waals surface area contributed by atoms with Crippen molar-refractivity contribution in [2.75, 3.05) is 65.5 Å². The minimum Gasteiger partial charge on any atom is -0.480 e. The monoisotopic (exact) mass is 608 g/mol. The highest BCUT2D eigenvalue weighted by atomic mass is 16.5. The summed E-state index contributed by atoms with van der Waals surface area (Å²) in [6.45, 7) is 4.62. The van der Waals surface area contributed by atoms with E-state index in [4.69, 9.17) is 9.47 Å². The molecule has 4 rings (SSSR count). The van der Waals surface area contributed by atoms with Crippen LogP contribution in [0, 0.1) is 0 Å². The second-order valence-corrected chi connectivity index (χ2v) is 10.8. The summed E-state index contributed by atoms with van der Waals surface area (Å²) in [7, 11) is 0. The molecule has 2 aliphatic heterocycles.